The number of piperazine rings is 1. The van der Waals surface area contributed by atoms with Crippen LogP contribution in [0.5, 0.6) is 0 Å². The first-order valence-electron chi connectivity index (χ1n) is 11.8. The van der Waals surface area contributed by atoms with Crippen molar-refractivity contribution in [1.82, 2.24) is 4.90 Å². The summed E-state index contributed by atoms with van der Waals surface area (Å²) < 4.78 is 0. The highest BCUT2D eigenvalue weighted by Crippen LogP contribution is 2.36. The van der Waals surface area contributed by atoms with Gasteiger partial charge in [0, 0.05) is 26.2 Å². The molecule has 0 spiro atoms. The number of likely N-dealkylation sites (N-methyl/N-ethyl adjacent to an activating group) is 1. The molecule has 5 rings (SSSR count). The van der Waals surface area contributed by atoms with Crippen molar-refractivity contribution in [2.24, 2.45) is 0 Å². The number of amides is 2. The topological polar surface area (TPSA) is 50.9 Å². The minimum atomic E-state index is -0.107. The van der Waals surface area contributed by atoms with E-state index in [1.54, 1.807) is 0 Å². The van der Waals surface area contributed by atoms with E-state index in [-0.39, 0.29) is 12.1 Å². The third-order valence-electron chi connectivity index (χ3n) is 6.64. The number of anilines is 4. The lowest BCUT2D eigenvalue weighted by Gasteiger charge is -2.38. The number of fused-ring (bicyclic) bond motifs is 1. The Labute approximate surface area is 195 Å². The Bertz CT molecular complexity index is 1090. The molecule has 1 atom stereocenters. The second kappa shape index (κ2) is 9.55. The lowest BCUT2D eigenvalue weighted by atomic mass is 10.0. The zero-order valence-electron chi connectivity index (χ0n) is 19.1. The molecule has 2 amide bonds. The molecule has 2 aliphatic heterocycles. The molecule has 0 saturated carbocycles. The summed E-state index contributed by atoms with van der Waals surface area (Å²) in [4.78, 5) is 20.3. The van der Waals surface area contributed by atoms with E-state index in [2.05, 4.69) is 45.6 Å². The van der Waals surface area contributed by atoms with Crippen LogP contribution in [0.25, 0.3) is 0 Å². The summed E-state index contributed by atoms with van der Waals surface area (Å²) in [7, 11) is 0. The maximum Gasteiger partial charge on any atom is 0.326 e. The number of carbonyl (C=O) groups excluding carboxylic acids is 1. The van der Waals surface area contributed by atoms with Gasteiger partial charge in [-0.05, 0) is 36.4 Å². The fraction of sp³-hybridized carbons (Fsp3) is 0.296. The van der Waals surface area contributed by atoms with Crippen LogP contribution >= 0.6 is 0 Å². The molecular formula is C27H31N5O. The predicted octanol–water partition coefficient (Wildman–Crippen LogP) is 5.03. The first-order valence-corrected chi connectivity index (χ1v) is 11.8. The molecule has 2 heterocycles. The van der Waals surface area contributed by atoms with Crippen LogP contribution in [0.1, 0.15) is 18.5 Å². The van der Waals surface area contributed by atoms with Crippen LogP contribution < -0.4 is 20.4 Å². The maximum absolute atomic E-state index is 13.6. The highest BCUT2D eigenvalue weighted by atomic mass is 16.2. The summed E-state index contributed by atoms with van der Waals surface area (Å²) in [5.74, 6) is 0. The summed E-state index contributed by atoms with van der Waals surface area (Å²) in [5, 5.41) is 6.82. The van der Waals surface area contributed by atoms with Crippen molar-refractivity contribution in [2.45, 2.75) is 13.0 Å². The molecule has 1 saturated heterocycles. The molecule has 0 bridgehead atoms. The van der Waals surface area contributed by atoms with Crippen LogP contribution in [0.15, 0.2) is 78.9 Å². The highest BCUT2D eigenvalue weighted by molar-refractivity contribution is 6.06. The van der Waals surface area contributed by atoms with Crippen molar-refractivity contribution in [3.8, 4) is 0 Å². The van der Waals surface area contributed by atoms with Crippen molar-refractivity contribution in [3.05, 3.63) is 84.4 Å². The molecule has 2 aliphatic rings. The Balaban J connectivity index is 1.39. The molecule has 2 N–H and O–H groups in total. The Morgan fingerprint density at radius 1 is 0.879 bits per heavy atom. The lowest BCUT2D eigenvalue weighted by molar-refractivity contribution is 0.256. The van der Waals surface area contributed by atoms with Gasteiger partial charge in [0.15, 0.2) is 0 Å². The molecule has 33 heavy (non-hydrogen) atoms. The summed E-state index contributed by atoms with van der Waals surface area (Å²) >= 11 is 0. The largest absolute Gasteiger partial charge is 0.375 e. The molecule has 3 aromatic carbocycles. The standard InChI is InChI=1S/C27H31N5O/c1-2-30-16-18-31(19-17-30)25-14-8-6-12-22(25)29-27(33)32-20-24(21-10-4-3-5-11-21)28-23-13-7-9-15-26(23)32/h3-15,24,28H,2,16-20H2,1H3,(H,29,33). The van der Waals surface area contributed by atoms with E-state index in [1.807, 2.05) is 65.6 Å². The lowest BCUT2D eigenvalue weighted by Crippen LogP contribution is -2.46. The van der Waals surface area contributed by atoms with Crippen molar-refractivity contribution < 1.29 is 4.79 Å². The van der Waals surface area contributed by atoms with E-state index in [9.17, 15) is 4.79 Å². The van der Waals surface area contributed by atoms with Gasteiger partial charge in [-0.25, -0.2) is 4.79 Å². The number of hydrogen-bond donors (Lipinski definition) is 2. The van der Waals surface area contributed by atoms with E-state index in [0.717, 1.165) is 55.5 Å². The van der Waals surface area contributed by atoms with Gasteiger partial charge in [-0.15, -0.1) is 0 Å². The van der Waals surface area contributed by atoms with Gasteiger partial charge >= 0.3 is 6.03 Å². The van der Waals surface area contributed by atoms with Crippen LogP contribution in [-0.2, 0) is 0 Å². The molecule has 3 aromatic rings. The minimum absolute atomic E-state index is 0.0317. The van der Waals surface area contributed by atoms with E-state index in [0.29, 0.717) is 6.54 Å². The molecular weight excluding hydrogens is 410 g/mol. The normalized spacial score (nSPS) is 18.4. The number of rotatable bonds is 4. The number of para-hydroxylation sites is 4. The van der Waals surface area contributed by atoms with Gasteiger partial charge in [0.1, 0.15) is 0 Å². The zero-order chi connectivity index (χ0) is 22.6. The van der Waals surface area contributed by atoms with Crippen molar-refractivity contribution in [3.63, 3.8) is 0 Å². The molecule has 0 radical (unpaired) electrons. The summed E-state index contributed by atoms with van der Waals surface area (Å²) in [5.41, 5.74) is 4.98. The highest BCUT2D eigenvalue weighted by Gasteiger charge is 2.29. The van der Waals surface area contributed by atoms with Crippen LogP contribution in [-0.4, -0.2) is 50.2 Å². The quantitative estimate of drug-likeness (QED) is 0.596. The number of nitrogens with zero attached hydrogens (tertiary/aromatic N) is 3. The van der Waals surface area contributed by atoms with Crippen molar-refractivity contribution in [2.75, 3.05) is 59.7 Å². The second-order valence-corrected chi connectivity index (χ2v) is 8.60. The smallest absolute Gasteiger partial charge is 0.326 e. The molecule has 0 aromatic heterocycles. The molecule has 6 nitrogen and oxygen atoms in total. The van der Waals surface area contributed by atoms with Gasteiger partial charge in [-0.1, -0.05) is 61.5 Å². The average molecular weight is 442 g/mol. The van der Waals surface area contributed by atoms with Gasteiger partial charge < -0.3 is 20.4 Å². The van der Waals surface area contributed by atoms with Crippen LogP contribution in [0.4, 0.5) is 27.5 Å². The minimum Gasteiger partial charge on any atom is -0.375 e. The van der Waals surface area contributed by atoms with E-state index in [1.165, 1.54) is 5.56 Å². The summed E-state index contributed by atoms with van der Waals surface area (Å²) in [6.45, 7) is 7.87. The molecule has 0 aliphatic carbocycles. The number of hydrogen-bond acceptors (Lipinski definition) is 4. The molecule has 170 valence electrons. The fourth-order valence-electron chi connectivity index (χ4n) is 4.75. The maximum atomic E-state index is 13.6. The molecule has 6 heteroatoms. The third kappa shape index (κ3) is 4.52. The SMILES string of the molecule is CCN1CCN(c2ccccc2NC(=O)N2CC(c3ccccc3)Nc3ccccc32)CC1. The predicted molar refractivity (Wildman–Crippen MR) is 136 cm³/mol. The Morgan fingerprint density at radius 2 is 1.55 bits per heavy atom. The van der Waals surface area contributed by atoms with Crippen molar-refractivity contribution in [1.29, 1.82) is 0 Å². The van der Waals surface area contributed by atoms with Gasteiger partial charge in [0.05, 0.1) is 35.3 Å². The third-order valence-corrected chi connectivity index (χ3v) is 6.64. The zero-order valence-corrected chi connectivity index (χ0v) is 19.1. The van der Waals surface area contributed by atoms with Gasteiger partial charge in [-0.3, -0.25) is 4.90 Å². The van der Waals surface area contributed by atoms with Gasteiger partial charge in [0.2, 0.25) is 0 Å². The van der Waals surface area contributed by atoms with Gasteiger partial charge in [0.25, 0.3) is 0 Å². The Kier molecular flexibility index (Phi) is 6.17. The number of benzene rings is 3. The van der Waals surface area contributed by atoms with Gasteiger partial charge in [-0.2, -0.15) is 0 Å². The summed E-state index contributed by atoms with van der Waals surface area (Å²) in [6, 6.07) is 26.4. The van der Waals surface area contributed by atoms with E-state index < -0.39 is 0 Å². The first kappa shape index (κ1) is 21.3. The number of urea groups is 1. The van der Waals surface area contributed by atoms with Crippen LogP contribution in [0, 0.1) is 0 Å². The monoisotopic (exact) mass is 441 g/mol. The first-order chi connectivity index (χ1) is 16.2. The number of carbonyl (C=O) groups is 1. The van der Waals surface area contributed by atoms with E-state index in [4.69, 9.17) is 0 Å². The van der Waals surface area contributed by atoms with Crippen LogP contribution in [0.3, 0.4) is 0 Å². The van der Waals surface area contributed by atoms with Crippen molar-refractivity contribution >= 4 is 28.8 Å². The fourth-order valence-corrected chi connectivity index (χ4v) is 4.75. The Hall–Kier alpha value is -3.51. The number of nitrogens with one attached hydrogen (secondary N) is 2. The van der Waals surface area contributed by atoms with E-state index >= 15 is 0 Å². The molecule has 1 unspecified atom stereocenters. The summed E-state index contributed by atoms with van der Waals surface area (Å²) in [6.07, 6.45) is 0. The second-order valence-electron chi connectivity index (χ2n) is 8.60. The van der Waals surface area contributed by atoms with Crippen LogP contribution in [0.2, 0.25) is 0 Å². The molecule has 1 fully saturated rings. The average Bonchev–Trinajstić information content (AvgIpc) is 2.89. The Morgan fingerprint density at radius 3 is 2.30 bits per heavy atom.